The fraction of sp³-hybridized carbons (Fsp3) is 0.500. The molecule has 1 aromatic carbocycles. The number of unbranched alkanes of at least 4 members (excludes halogenated alkanes) is 1. The molecule has 1 aromatic rings. The maximum absolute atomic E-state index is 11.9. The highest BCUT2D eigenvalue weighted by molar-refractivity contribution is 5.96. The van der Waals surface area contributed by atoms with Crippen LogP contribution in [0, 0.1) is 23.7 Å². The van der Waals surface area contributed by atoms with E-state index < -0.39 is 0 Å². The van der Waals surface area contributed by atoms with Crippen molar-refractivity contribution in [3.8, 4) is 6.07 Å². The summed E-state index contributed by atoms with van der Waals surface area (Å²) in [6.07, 6.45) is 2.41. The highest BCUT2D eigenvalue weighted by Gasteiger charge is 2.16. The van der Waals surface area contributed by atoms with E-state index in [9.17, 15) is 4.79 Å². The first kappa shape index (κ1) is 16.0. The van der Waals surface area contributed by atoms with Crippen LogP contribution in [0.4, 0.5) is 5.69 Å². The van der Waals surface area contributed by atoms with Gasteiger partial charge in [0.15, 0.2) is 0 Å². The maximum Gasteiger partial charge on any atom is 0.340 e. The zero-order chi connectivity index (χ0) is 15.2. The summed E-state index contributed by atoms with van der Waals surface area (Å²) in [5.41, 5.74) is 7.19. The van der Waals surface area contributed by atoms with Gasteiger partial charge in [-0.25, -0.2) is 4.79 Å². The van der Waals surface area contributed by atoms with E-state index in [0.29, 0.717) is 17.9 Å². The summed E-state index contributed by atoms with van der Waals surface area (Å²) >= 11 is 0. The highest BCUT2D eigenvalue weighted by atomic mass is 16.5. The molecule has 0 amide bonds. The van der Waals surface area contributed by atoms with E-state index in [-0.39, 0.29) is 11.4 Å². The molecule has 0 fully saturated rings. The zero-order valence-corrected chi connectivity index (χ0v) is 12.4. The summed E-state index contributed by atoms with van der Waals surface area (Å²) in [5.74, 6) is -0.375. The number of carbonyl (C=O) groups excluding carboxylic acids is 1. The number of rotatable bonds is 6. The molecule has 1 rings (SSSR count). The molecule has 4 heteroatoms. The van der Waals surface area contributed by atoms with E-state index in [1.165, 1.54) is 0 Å². The lowest BCUT2D eigenvalue weighted by atomic mass is 9.89. The minimum Gasteiger partial charge on any atom is -0.462 e. The molecule has 0 radical (unpaired) electrons. The van der Waals surface area contributed by atoms with Gasteiger partial charge in [-0.2, -0.15) is 5.26 Å². The van der Waals surface area contributed by atoms with Crippen LogP contribution in [0.5, 0.6) is 0 Å². The molecule has 0 aromatic heterocycles. The van der Waals surface area contributed by atoms with Gasteiger partial charge in [-0.3, -0.25) is 0 Å². The first-order valence-electron chi connectivity index (χ1n) is 6.81. The summed E-state index contributed by atoms with van der Waals surface area (Å²) in [6, 6.07) is 7.60. The number of carbonyl (C=O) groups is 1. The van der Waals surface area contributed by atoms with Gasteiger partial charge >= 0.3 is 5.97 Å². The van der Waals surface area contributed by atoms with Crippen LogP contribution in [0.1, 0.15) is 49.0 Å². The molecule has 0 atom stereocenters. The lowest BCUT2D eigenvalue weighted by Gasteiger charge is -2.14. The number of nitrogens with zero attached hydrogens (tertiary/aromatic N) is 1. The molecule has 0 aliphatic heterocycles. The van der Waals surface area contributed by atoms with Crippen molar-refractivity contribution >= 4 is 11.7 Å². The van der Waals surface area contributed by atoms with Crippen LogP contribution in [0.2, 0.25) is 0 Å². The average Bonchev–Trinajstić information content (AvgIpc) is 2.38. The predicted octanol–water partition coefficient (Wildman–Crippen LogP) is 3.45. The van der Waals surface area contributed by atoms with Crippen molar-refractivity contribution in [2.75, 3.05) is 12.3 Å². The van der Waals surface area contributed by atoms with Crippen molar-refractivity contribution in [3.63, 3.8) is 0 Å². The Morgan fingerprint density at radius 1 is 1.40 bits per heavy atom. The fourth-order valence-corrected chi connectivity index (χ4v) is 1.93. The topological polar surface area (TPSA) is 76.1 Å². The van der Waals surface area contributed by atoms with Crippen LogP contribution in [-0.2, 0) is 4.74 Å². The molecule has 0 heterocycles. The van der Waals surface area contributed by atoms with E-state index in [1.54, 1.807) is 6.07 Å². The Morgan fingerprint density at radius 2 is 2.10 bits per heavy atom. The van der Waals surface area contributed by atoms with Crippen LogP contribution >= 0.6 is 0 Å². The van der Waals surface area contributed by atoms with Gasteiger partial charge < -0.3 is 10.5 Å². The minimum atomic E-state index is -0.375. The molecule has 0 bridgehead atoms. The molecular formula is C16H22N2O2. The summed E-state index contributed by atoms with van der Waals surface area (Å²) in [5, 5.41) is 8.90. The van der Waals surface area contributed by atoms with E-state index in [4.69, 9.17) is 15.7 Å². The Morgan fingerprint density at radius 3 is 2.70 bits per heavy atom. The van der Waals surface area contributed by atoms with Crippen LogP contribution in [0.25, 0.3) is 0 Å². The molecule has 0 spiro atoms. The number of hydrogen-bond acceptors (Lipinski definition) is 4. The SMILES string of the molecule is Cc1cccc(N)c1C(=O)OCCCCC(C)(C)C#N. The van der Waals surface area contributed by atoms with Crippen molar-refractivity contribution in [2.45, 2.75) is 40.0 Å². The lowest BCUT2D eigenvalue weighted by molar-refractivity contribution is 0.0496. The largest absolute Gasteiger partial charge is 0.462 e. The van der Waals surface area contributed by atoms with Crippen molar-refractivity contribution in [1.82, 2.24) is 0 Å². The van der Waals surface area contributed by atoms with Gasteiger partial charge in [0.05, 0.1) is 23.7 Å². The van der Waals surface area contributed by atoms with E-state index in [2.05, 4.69) is 6.07 Å². The molecular weight excluding hydrogens is 252 g/mol. The number of ether oxygens (including phenoxy) is 1. The molecule has 0 aliphatic carbocycles. The molecule has 0 unspecified atom stereocenters. The lowest BCUT2D eigenvalue weighted by Crippen LogP contribution is -2.12. The normalized spacial score (nSPS) is 10.9. The average molecular weight is 274 g/mol. The Bertz CT molecular complexity index is 495. The van der Waals surface area contributed by atoms with Crippen molar-refractivity contribution in [1.29, 1.82) is 5.26 Å². The fourth-order valence-electron chi connectivity index (χ4n) is 1.93. The van der Waals surface area contributed by atoms with Crippen molar-refractivity contribution < 1.29 is 9.53 Å². The van der Waals surface area contributed by atoms with Crippen LogP contribution in [0.15, 0.2) is 18.2 Å². The van der Waals surface area contributed by atoms with Crippen molar-refractivity contribution in [3.05, 3.63) is 29.3 Å². The first-order chi connectivity index (χ1) is 9.37. The van der Waals surface area contributed by atoms with Gasteiger partial charge in [-0.1, -0.05) is 12.1 Å². The number of anilines is 1. The Kier molecular flexibility index (Phi) is 5.57. The quantitative estimate of drug-likeness (QED) is 0.489. The summed E-state index contributed by atoms with van der Waals surface area (Å²) in [4.78, 5) is 11.9. The zero-order valence-electron chi connectivity index (χ0n) is 12.4. The van der Waals surface area contributed by atoms with E-state index in [1.807, 2.05) is 32.9 Å². The number of nitrogens with two attached hydrogens (primary N) is 1. The van der Waals surface area contributed by atoms with E-state index in [0.717, 1.165) is 24.8 Å². The Labute approximate surface area is 120 Å². The van der Waals surface area contributed by atoms with Gasteiger partial charge in [-0.15, -0.1) is 0 Å². The second-order valence-electron chi connectivity index (χ2n) is 5.63. The number of aryl methyl sites for hydroxylation is 1. The van der Waals surface area contributed by atoms with Gasteiger partial charge in [0, 0.05) is 5.69 Å². The Balaban J connectivity index is 2.40. The third-order valence-corrected chi connectivity index (χ3v) is 3.24. The minimum absolute atomic E-state index is 0.315. The van der Waals surface area contributed by atoms with Crippen LogP contribution in [0.3, 0.4) is 0 Å². The van der Waals surface area contributed by atoms with Gasteiger partial charge in [0.1, 0.15) is 0 Å². The molecule has 0 saturated heterocycles. The van der Waals surface area contributed by atoms with Crippen molar-refractivity contribution in [2.24, 2.45) is 5.41 Å². The van der Waals surface area contributed by atoms with Crippen LogP contribution < -0.4 is 5.73 Å². The monoisotopic (exact) mass is 274 g/mol. The maximum atomic E-state index is 11.9. The smallest absolute Gasteiger partial charge is 0.340 e. The third kappa shape index (κ3) is 4.58. The molecule has 20 heavy (non-hydrogen) atoms. The van der Waals surface area contributed by atoms with Crippen LogP contribution in [-0.4, -0.2) is 12.6 Å². The molecule has 0 aliphatic rings. The first-order valence-corrected chi connectivity index (χ1v) is 6.81. The summed E-state index contributed by atoms with van der Waals surface area (Å²) in [6.45, 7) is 6.01. The number of nitrogen functional groups attached to an aromatic ring is 1. The second kappa shape index (κ2) is 6.95. The Hall–Kier alpha value is -2.02. The molecule has 0 saturated carbocycles. The number of esters is 1. The predicted molar refractivity (Wildman–Crippen MR) is 79.1 cm³/mol. The number of nitriles is 1. The highest BCUT2D eigenvalue weighted by Crippen LogP contribution is 2.22. The standard InChI is InChI=1S/C16H22N2O2/c1-12-7-6-8-13(18)14(12)15(19)20-10-5-4-9-16(2,3)11-17/h6-8H,4-5,9-10,18H2,1-3H3. The van der Waals surface area contributed by atoms with Gasteiger partial charge in [-0.05, 0) is 51.7 Å². The summed E-state index contributed by atoms with van der Waals surface area (Å²) < 4.78 is 5.24. The second-order valence-corrected chi connectivity index (χ2v) is 5.63. The number of hydrogen-bond donors (Lipinski definition) is 1. The molecule has 2 N–H and O–H groups in total. The third-order valence-electron chi connectivity index (χ3n) is 3.24. The van der Waals surface area contributed by atoms with Gasteiger partial charge in [0.25, 0.3) is 0 Å². The molecule has 4 nitrogen and oxygen atoms in total. The molecule has 108 valence electrons. The summed E-state index contributed by atoms with van der Waals surface area (Å²) in [7, 11) is 0. The van der Waals surface area contributed by atoms with Gasteiger partial charge in [0.2, 0.25) is 0 Å². The van der Waals surface area contributed by atoms with E-state index >= 15 is 0 Å². The number of benzene rings is 1.